The number of unbranched alkanes of at least 4 members (excludes halogenated alkanes) is 13. The first-order chi connectivity index (χ1) is 14.1. The quantitative estimate of drug-likeness (QED) is 0.131. The van der Waals surface area contributed by atoms with Crippen LogP contribution in [0, 0.1) is 0 Å². The first-order valence-corrected chi connectivity index (χ1v) is 13.1. The third kappa shape index (κ3) is 12.2. The maximum atomic E-state index is 12.4. The molecule has 0 bridgehead atoms. The lowest BCUT2D eigenvalue weighted by Crippen LogP contribution is -2.10. The second kappa shape index (κ2) is 16.6. The van der Waals surface area contributed by atoms with E-state index in [2.05, 4.69) is 13.5 Å². The molecule has 0 aliphatic heterocycles. The molecule has 0 atom stereocenters. The lowest BCUT2D eigenvalue weighted by molar-refractivity contribution is 0.306. The van der Waals surface area contributed by atoms with Gasteiger partial charge in [-0.1, -0.05) is 115 Å². The smallest absolute Gasteiger partial charge is 0.266 e. The van der Waals surface area contributed by atoms with Gasteiger partial charge in [-0.2, -0.15) is 8.42 Å². The minimum Gasteiger partial charge on any atom is -0.266 e. The fourth-order valence-corrected chi connectivity index (χ4v) is 4.78. The number of allylic oxidation sites excluding steroid dienone is 1. The summed E-state index contributed by atoms with van der Waals surface area (Å²) in [6.45, 7) is 6.22. The van der Waals surface area contributed by atoms with Crippen molar-refractivity contribution < 1.29 is 12.6 Å². The Morgan fingerprint density at radius 2 is 1.28 bits per heavy atom. The molecule has 0 amide bonds. The number of hydrogen-bond donors (Lipinski definition) is 0. The van der Waals surface area contributed by atoms with Gasteiger partial charge in [-0.05, 0) is 24.5 Å². The van der Waals surface area contributed by atoms with Crippen molar-refractivity contribution in [3.63, 3.8) is 0 Å². The zero-order chi connectivity index (χ0) is 21.2. The van der Waals surface area contributed by atoms with E-state index in [-0.39, 0.29) is 11.5 Å². The first-order valence-electron chi connectivity index (χ1n) is 11.7. The van der Waals surface area contributed by atoms with Crippen molar-refractivity contribution in [2.24, 2.45) is 0 Å². The van der Waals surface area contributed by atoms with E-state index in [4.69, 9.17) is 4.18 Å². The molecule has 166 valence electrons. The van der Waals surface area contributed by atoms with E-state index in [0.29, 0.717) is 6.42 Å². The second-order valence-electron chi connectivity index (χ2n) is 7.97. The van der Waals surface area contributed by atoms with Gasteiger partial charge in [0.15, 0.2) is 0 Å². The molecule has 0 heterocycles. The summed E-state index contributed by atoms with van der Waals surface area (Å²) in [5.74, 6) is 0. The van der Waals surface area contributed by atoms with Crippen LogP contribution in [0.1, 0.15) is 102 Å². The molecule has 0 aliphatic rings. The zero-order valence-corrected chi connectivity index (χ0v) is 19.4. The van der Waals surface area contributed by atoms with Crippen LogP contribution in [-0.4, -0.2) is 15.0 Å². The van der Waals surface area contributed by atoms with Gasteiger partial charge < -0.3 is 0 Å². The average Bonchev–Trinajstić information content (AvgIpc) is 2.71. The number of hydrogen-bond acceptors (Lipinski definition) is 3. The third-order valence-electron chi connectivity index (χ3n) is 5.34. The molecule has 0 unspecified atom stereocenters. The van der Waals surface area contributed by atoms with Crippen LogP contribution in [0.15, 0.2) is 41.8 Å². The van der Waals surface area contributed by atoms with Gasteiger partial charge in [0.1, 0.15) is 0 Å². The Hall–Kier alpha value is -1.13. The molecule has 0 fully saturated rings. The van der Waals surface area contributed by atoms with Crippen LogP contribution in [0.3, 0.4) is 0 Å². The van der Waals surface area contributed by atoms with Crippen molar-refractivity contribution >= 4 is 10.1 Å². The Kier molecular flexibility index (Phi) is 14.9. The normalized spacial score (nSPS) is 11.6. The minimum atomic E-state index is -3.68. The van der Waals surface area contributed by atoms with E-state index in [1.165, 1.54) is 70.6 Å². The van der Waals surface area contributed by atoms with Gasteiger partial charge in [0, 0.05) is 0 Å². The molecule has 4 heteroatoms. The van der Waals surface area contributed by atoms with E-state index >= 15 is 0 Å². The number of rotatable bonds is 19. The molecule has 0 radical (unpaired) electrons. The highest BCUT2D eigenvalue weighted by Gasteiger charge is 2.18. The lowest BCUT2D eigenvalue weighted by atomic mass is 10.0. The van der Waals surface area contributed by atoms with Crippen LogP contribution in [-0.2, 0) is 20.7 Å². The van der Waals surface area contributed by atoms with Crippen LogP contribution in [0.25, 0.3) is 0 Å². The summed E-state index contributed by atoms with van der Waals surface area (Å²) < 4.78 is 30.1. The van der Waals surface area contributed by atoms with Crippen molar-refractivity contribution in [1.82, 2.24) is 0 Å². The summed E-state index contributed by atoms with van der Waals surface area (Å²) in [4.78, 5) is 0.269. The van der Waals surface area contributed by atoms with Gasteiger partial charge >= 0.3 is 0 Å². The van der Waals surface area contributed by atoms with E-state index < -0.39 is 10.1 Å². The van der Waals surface area contributed by atoms with Gasteiger partial charge in [-0.15, -0.1) is 6.58 Å². The highest BCUT2D eigenvalue weighted by molar-refractivity contribution is 7.86. The lowest BCUT2D eigenvalue weighted by Gasteiger charge is -2.09. The summed E-state index contributed by atoms with van der Waals surface area (Å²) >= 11 is 0. The van der Waals surface area contributed by atoms with Crippen molar-refractivity contribution in [3.8, 4) is 0 Å². The second-order valence-corrected chi connectivity index (χ2v) is 9.56. The Morgan fingerprint density at radius 1 is 0.793 bits per heavy atom. The standard InChI is InChI=1S/C25H42O3S/c1-3-5-6-7-8-9-10-11-12-13-14-15-16-19-23-28-29(26,27)25-22-18-17-21-24(25)20-4-2/h4,17-18,21-22H,2-3,5-16,19-20,23H2,1H3. The van der Waals surface area contributed by atoms with Gasteiger partial charge in [0.05, 0.1) is 11.5 Å². The highest BCUT2D eigenvalue weighted by atomic mass is 32.2. The molecule has 0 saturated heterocycles. The van der Waals surface area contributed by atoms with Crippen molar-refractivity contribution in [2.75, 3.05) is 6.61 Å². The summed E-state index contributed by atoms with van der Waals surface area (Å²) in [7, 11) is -3.68. The molecule has 0 spiro atoms. The van der Waals surface area contributed by atoms with Crippen LogP contribution < -0.4 is 0 Å². The van der Waals surface area contributed by atoms with E-state index in [9.17, 15) is 8.42 Å². The van der Waals surface area contributed by atoms with Crippen molar-refractivity contribution in [1.29, 1.82) is 0 Å². The highest BCUT2D eigenvalue weighted by Crippen LogP contribution is 2.19. The van der Waals surface area contributed by atoms with E-state index in [1.54, 1.807) is 18.2 Å². The monoisotopic (exact) mass is 422 g/mol. The van der Waals surface area contributed by atoms with Crippen molar-refractivity contribution in [3.05, 3.63) is 42.5 Å². The Morgan fingerprint density at radius 3 is 1.79 bits per heavy atom. The van der Waals surface area contributed by atoms with Crippen LogP contribution in [0.4, 0.5) is 0 Å². The third-order valence-corrected chi connectivity index (χ3v) is 6.76. The van der Waals surface area contributed by atoms with Crippen LogP contribution in [0.2, 0.25) is 0 Å². The van der Waals surface area contributed by atoms with Crippen LogP contribution >= 0.6 is 0 Å². The van der Waals surface area contributed by atoms with E-state index in [1.807, 2.05) is 12.1 Å². The molecule has 1 rings (SSSR count). The molecule has 1 aromatic carbocycles. The predicted octanol–water partition coefficient (Wildman–Crippen LogP) is 7.60. The summed E-state index contributed by atoms with van der Waals surface area (Å²) in [5.41, 5.74) is 0.739. The number of benzene rings is 1. The Labute approximate surface area is 180 Å². The zero-order valence-electron chi connectivity index (χ0n) is 18.5. The largest absolute Gasteiger partial charge is 0.297 e. The van der Waals surface area contributed by atoms with E-state index in [0.717, 1.165) is 24.8 Å². The molecular formula is C25H42O3S. The predicted molar refractivity (Wildman–Crippen MR) is 124 cm³/mol. The Bertz CT molecular complexity index is 637. The molecule has 3 nitrogen and oxygen atoms in total. The summed E-state index contributed by atoms with van der Waals surface area (Å²) in [6, 6.07) is 6.99. The topological polar surface area (TPSA) is 43.4 Å². The minimum absolute atomic E-state index is 0.267. The average molecular weight is 423 g/mol. The molecule has 0 saturated carbocycles. The molecule has 29 heavy (non-hydrogen) atoms. The molecule has 0 aliphatic carbocycles. The molecule has 0 aromatic heterocycles. The van der Waals surface area contributed by atoms with Gasteiger partial charge in [-0.25, -0.2) is 0 Å². The van der Waals surface area contributed by atoms with Crippen LogP contribution in [0.5, 0.6) is 0 Å². The van der Waals surface area contributed by atoms with Gasteiger partial charge in [0.2, 0.25) is 0 Å². The first kappa shape index (κ1) is 25.9. The molecule has 1 aromatic rings. The van der Waals surface area contributed by atoms with Gasteiger partial charge in [0.25, 0.3) is 10.1 Å². The molecule has 0 N–H and O–H groups in total. The maximum Gasteiger partial charge on any atom is 0.297 e. The van der Waals surface area contributed by atoms with Gasteiger partial charge in [-0.3, -0.25) is 4.18 Å². The Balaban J connectivity index is 2.02. The van der Waals surface area contributed by atoms with Crippen molar-refractivity contribution in [2.45, 2.75) is 108 Å². The summed E-state index contributed by atoms with van der Waals surface area (Å²) in [6.07, 6.45) is 20.2. The summed E-state index contributed by atoms with van der Waals surface area (Å²) in [5, 5.41) is 0. The molecular weight excluding hydrogens is 380 g/mol. The SMILES string of the molecule is C=CCc1ccccc1S(=O)(=O)OCCCCCCCCCCCCCCCC. The maximum absolute atomic E-state index is 12.4. The fourth-order valence-electron chi connectivity index (χ4n) is 3.60. The fraction of sp³-hybridized carbons (Fsp3) is 0.680.